The minimum atomic E-state index is -4.58. The standard InChI is InChI=1S/C19H19F5N4O2/c1-30-18-8-17(9-18,10-18)28(7-13-6-14(27-26-13)19(22,23)24)16(29)25-12-4-2-3-11(5-12)15(20)21/h2-6,15H,7-10H2,1H3,(H,25,29)(H,26,27). The van der Waals surface area contributed by atoms with Crippen molar-refractivity contribution in [2.45, 2.75) is 49.5 Å². The van der Waals surface area contributed by atoms with E-state index in [1.54, 1.807) is 7.11 Å². The Balaban J connectivity index is 1.54. The summed E-state index contributed by atoms with van der Waals surface area (Å²) in [6, 6.07) is 5.53. The molecule has 2 aromatic rings. The first-order valence-corrected chi connectivity index (χ1v) is 9.19. The maximum Gasteiger partial charge on any atom is 0.432 e. The summed E-state index contributed by atoms with van der Waals surface area (Å²) in [4.78, 5) is 14.4. The summed E-state index contributed by atoms with van der Waals surface area (Å²) >= 11 is 0. The molecule has 0 atom stereocenters. The number of halogens is 5. The van der Waals surface area contributed by atoms with Crippen LogP contribution in [0.1, 0.15) is 42.6 Å². The van der Waals surface area contributed by atoms with Crippen molar-refractivity contribution >= 4 is 11.7 Å². The molecule has 0 saturated heterocycles. The number of benzene rings is 1. The zero-order valence-corrected chi connectivity index (χ0v) is 15.9. The molecule has 3 fully saturated rings. The maximum atomic E-state index is 13.0. The van der Waals surface area contributed by atoms with Crippen LogP contribution in [-0.4, -0.2) is 39.4 Å². The average molecular weight is 430 g/mol. The number of anilines is 1. The van der Waals surface area contributed by atoms with E-state index in [0.29, 0.717) is 19.3 Å². The topological polar surface area (TPSA) is 70.2 Å². The lowest BCUT2D eigenvalue weighted by molar-refractivity contribution is -0.269. The number of aromatic amines is 1. The molecule has 2 bridgehead atoms. The molecule has 0 spiro atoms. The molecule has 30 heavy (non-hydrogen) atoms. The molecule has 3 saturated carbocycles. The molecule has 3 aliphatic rings. The normalized spacial score (nSPS) is 24.9. The van der Waals surface area contributed by atoms with Gasteiger partial charge in [-0.1, -0.05) is 12.1 Å². The summed E-state index contributed by atoms with van der Waals surface area (Å²) in [5, 5.41) is 8.19. The Morgan fingerprint density at radius 2 is 2.00 bits per heavy atom. The van der Waals surface area contributed by atoms with Crippen LogP contribution in [0.15, 0.2) is 30.3 Å². The molecular formula is C19H19F5N4O2. The number of urea groups is 1. The highest BCUT2D eigenvalue weighted by Gasteiger charge is 2.72. The van der Waals surface area contributed by atoms with Gasteiger partial charge in [0.2, 0.25) is 0 Å². The Hall–Kier alpha value is -2.69. The number of hydrogen-bond donors (Lipinski definition) is 2. The first-order valence-electron chi connectivity index (χ1n) is 9.19. The van der Waals surface area contributed by atoms with Crippen LogP contribution in [0, 0.1) is 0 Å². The van der Waals surface area contributed by atoms with E-state index in [1.807, 2.05) is 5.10 Å². The molecule has 162 valence electrons. The molecule has 1 aromatic carbocycles. The smallest absolute Gasteiger partial charge is 0.378 e. The van der Waals surface area contributed by atoms with Gasteiger partial charge in [0.05, 0.1) is 23.4 Å². The molecule has 6 nitrogen and oxygen atoms in total. The van der Waals surface area contributed by atoms with Crippen molar-refractivity contribution < 1.29 is 31.5 Å². The van der Waals surface area contributed by atoms with E-state index in [1.165, 1.54) is 23.1 Å². The monoisotopic (exact) mass is 430 g/mol. The Labute approximate surface area is 168 Å². The molecule has 0 aliphatic heterocycles. The van der Waals surface area contributed by atoms with Gasteiger partial charge in [0.1, 0.15) is 5.69 Å². The van der Waals surface area contributed by atoms with Crippen LogP contribution in [0.3, 0.4) is 0 Å². The Bertz CT molecular complexity index is 939. The number of H-pyrrole nitrogens is 1. The van der Waals surface area contributed by atoms with E-state index in [-0.39, 0.29) is 29.1 Å². The van der Waals surface area contributed by atoms with Gasteiger partial charge in [0.25, 0.3) is 6.43 Å². The lowest BCUT2D eigenvalue weighted by Crippen LogP contribution is -2.80. The largest absolute Gasteiger partial charge is 0.432 e. The molecule has 3 aliphatic carbocycles. The van der Waals surface area contributed by atoms with Gasteiger partial charge < -0.3 is 15.0 Å². The number of methoxy groups -OCH3 is 1. The number of alkyl halides is 5. The van der Waals surface area contributed by atoms with Crippen LogP contribution in [0.25, 0.3) is 0 Å². The van der Waals surface area contributed by atoms with E-state index in [2.05, 4.69) is 10.4 Å². The van der Waals surface area contributed by atoms with Gasteiger partial charge in [-0.15, -0.1) is 0 Å². The molecule has 1 aromatic heterocycles. The van der Waals surface area contributed by atoms with Crippen LogP contribution in [0.2, 0.25) is 0 Å². The summed E-state index contributed by atoms with van der Waals surface area (Å²) in [5.74, 6) is 0. The van der Waals surface area contributed by atoms with Crippen LogP contribution >= 0.6 is 0 Å². The van der Waals surface area contributed by atoms with E-state index >= 15 is 0 Å². The van der Waals surface area contributed by atoms with Gasteiger partial charge in [0.15, 0.2) is 0 Å². The average Bonchev–Trinajstić information content (AvgIpc) is 3.08. The lowest BCUT2D eigenvalue weighted by Gasteiger charge is -2.72. The predicted octanol–water partition coefficient (Wildman–Crippen LogP) is 4.72. The fourth-order valence-electron chi connectivity index (χ4n) is 4.30. The van der Waals surface area contributed by atoms with Crippen molar-refractivity contribution in [1.82, 2.24) is 15.1 Å². The number of rotatable bonds is 6. The molecule has 2 N–H and O–H groups in total. The molecule has 11 heteroatoms. The van der Waals surface area contributed by atoms with Crippen molar-refractivity contribution in [3.63, 3.8) is 0 Å². The van der Waals surface area contributed by atoms with Gasteiger partial charge in [-0.3, -0.25) is 5.10 Å². The number of hydrogen-bond acceptors (Lipinski definition) is 3. The maximum absolute atomic E-state index is 13.0. The number of carbonyl (C=O) groups excluding carboxylic acids is 1. The third-order valence-corrected chi connectivity index (χ3v) is 5.85. The van der Waals surface area contributed by atoms with Gasteiger partial charge in [-0.05, 0) is 18.2 Å². The van der Waals surface area contributed by atoms with Crippen molar-refractivity contribution in [2.24, 2.45) is 0 Å². The Morgan fingerprint density at radius 3 is 2.57 bits per heavy atom. The second kappa shape index (κ2) is 6.93. The van der Waals surface area contributed by atoms with Gasteiger partial charge in [0, 0.05) is 37.6 Å². The molecular weight excluding hydrogens is 411 g/mol. The third kappa shape index (κ3) is 3.51. The van der Waals surface area contributed by atoms with E-state index < -0.39 is 29.9 Å². The minimum Gasteiger partial charge on any atom is -0.378 e. The number of ether oxygens (including phenoxy) is 1. The number of nitrogens with zero attached hydrogens (tertiary/aromatic N) is 2. The quantitative estimate of drug-likeness (QED) is 0.652. The van der Waals surface area contributed by atoms with E-state index in [4.69, 9.17) is 4.74 Å². The molecule has 2 amide bonds. The summed E-state index contributed by atoms with van der Waals surface area (Å²) in [6.45, 7) is -0.160. The highest BCUT2D eigenvalue weighted by molar-refractivity contribution is 5.90. The van der Waals surface area contributed by atoms with Crippen LogP contribution in [0.5, 0.6) is 0 Å². The molecule has 1 heterocycles. The SMILES string of the molecule is COC12CC(N(Cc3cc(C(F)(F)F)[nH]n3)C(=O)Nc3cccc(C(F)F)c3)(C1)C2. The number of amides is 2. The first kappa shape index (κ1) is 20.6. The second-order valence-corrected chi connectivity index (χ2v) is 7.85. The second-order valence-electron chi connectivity index (χ2n) is 7.85. The number of aromatic nitrogens is 2. The van der Waals surface area contributed by atoms with Crippen molar-refractivity contribution in [1.29, 1.82) is 0 Å². The minimum absolute atomic E-state index is 0.0509. The van der Waals surface area contributed by atoms with Crippen LogP contribution < -0.4 is 5.32 Å². The number of carbonyl (C=O) groups is 1. The van der Waals surface area contributed by atoms with Crippen molar-refractivity contribution in [3.05, 3.63) is 47.3 Å². The lowest BCUT2D eigenvalue weighted by atomic mass is 9.45. The van der Waals surface area contributed by atoms with Crippen molar-refractivity contribution in [3.8, 4) is 0 Å². The van der Waals surface area contributed by atoms with Gasteiger partial charge in [-0.25, -0.2) is 13.6 Å². The molecule has 5 rings (SSSR count). The molecule has 0 radical (unpaired) electrons. The summed E-state index contributed by atoms with van der Waals surface area (Å²) in [7, 11) is 1.58. The summed E-state index contributed by atoms with van der Waals surface area (Å²) in [6.07, 6.45) is -5.61. The summed E-state index contributed by atoms with van der Waals surface area (Å²) < 4.78 is 69.9. The Kier molecular flexibility index (Phi) is 4.75. The first-order chi connectivity index (χ1) is 14.1. The van der Waals surface area contributed by atoms with E-state index in [0.717, 1.165) is 12.1 Å². The summed E-state index contributed by atoms with van der Waals surface area (Å²) in [5.41, 5.74) is -1.89. The van der Waals surface area contributed by atoms with Gasteiger partial charge >= 0.3 is 12.2 Å². The van der Waals surface area contributed by atoms with Crippen molar-refractivity contribution in [2.75, 3.05) is 12.4 Å². The van der Waals surface area contributed by atoms with Gasteiger partial charge in [-0.2, -0.15) is 18.3 Å². The van der Waals surface area contributed by atoms with Crippen LogP contribution in [0.4, 0.5) is 32.4 Å². The van der Waals surface area contributed by atoms with E-state index in [9.17, 15) is 26.7 Å². The molecule has 0 unspecified atom stereocenters. The highest BCUT2D eigenvalue weighted by atomic mass is 19.4. The highest BCUT2D eigenvalue weighted by Crippen LogP contribution is 2.65. The number of nitrogens with one attached hydrogen (secondary N) is 2. The Morgan fingerprint density at radius 1 is 1.30 bits per heavy atom. The fourth-order valence-corrected chi connectivity index (χ4v) is 4.30. The third-order valence-electron chi connectivity index (χ3n) is 5.85. The van der Waals surface area contributed by atoms with Crippen LogP contribution in [-0.2, 0) is 17.5 Å². The predicted molar refractivity (Wildman–Crippen MR) is 95.9 cm³/mol. The zero-order chi connectivity index (χ0) is 21.7. The fraction of sp³-hybridized carbons (Fsp3) is 0.474. The zero-order valence-electron chi connectivity index (χ0n) is 15.9.